The van der Waals surface area contributed by atoms with E-state index in [9.17, 15) is 9.59 Å². The fourth-order valence-electron chi connectivity index (χ4n) is 3.21. The maximum Gasteiger partial charge on any atom is 0.306 e. The van der Waals surface area contributed by atoms with Crippen molar-refractivity contribution in [3.8, 4) is 0 Å². The van der Waals surface area contributed by atoms with E-state index in [1.54, 1.807) is 0 Å². The Morgan fingerprint density at radius 1 is 1.19 bits per heavy atom. The number of carboxylic acid groups (broad SMARTS) is 1. The van der Waals surface area contributed by atoms with Gasteiger partial charge in [0.1, 0.15) is 0 Å². The van der Waals surface area contributed by atoms with Gasteiger partial charge in [-0.15, -0.1) is 0 Å². The lowest BCUT2D eigenvalue weighted by molar-refractivity contribution is -0.146. The van der Waals surface area contributed by atoms with Crippen molar-refractivity contribution >= 4 is 27.8 Å². The molecule has 2 saturated carbocycles. The third-order valence-electron chi connectivity index (χ3n) is 4.86. The van der Waals surface area contributed by atoms with E-state index >= 15 is 0 Å². The molecule has 1 aromatic rings. The smallest absolute Gasteiger partial charge is 0.306 e. The van der Waals surface area contributed by atoms with Crippen molar-refractivity contribution in [1.82, 2.24) is 5.32 Å². The van der Waals surface area contributed by atoms with Gasteiger partial charge in [0, 0.05) is 10.5 Å². The predicted molar refractivity (Wildman–Crippen MR) is 82.0 cm³/mol. The number of hydrogen-bond donors (Lipinski definition) is 2. The molecule has 0 heterocycles. The third kappa shape index (κ3) is 2.59. The molecule has 0 aliphatic heterocycles. The summed E-state index contributed by atoms with van der Waals surface area (Å²) in [6.45, 7) is 0. The highest BCUT2D eigenvalue weighted by atomic mass is 79.9. The molecule has 0 bridgehead atoms. The van der Waals surface area contributed by atoms with Gasteiger partial charge in [0.15, 0.2) is 0 Å². The van der Waals surface area contributed by atoms with Crippen LogP contribution in [0.5, 0.6) is 0 Å². The number of amides is 1. The average molecular weight is 352 g/mol. The molecule has 0 aromatic heterocycles. The van der Waals surface area contributed by atoms with E-state index in [1.807, 2.05) is 24.3 Å². The van der Waals surface area contributed by atoms with Gasteiger partial charge in [-0.05, 0) is 43.4 Å². The number of carboxylic acids is 1. The fourth-order valence-corrected chi connectivity index (χ4v) is 3.47. The zero-order valence-corrected chi connectivity index (χ0v) is 13.2. The molecule has 1 amide bonds. The maximum absolute atomic E-state index is 12.6. The van der Waals surface area contributed by atoms with E-state index in [-0.39, 0.29) is 17.9 Å². The first kappa shape index (κ1) is 14.6. The number of carbonyl (C=O) groups excluding carboxylic acids is 1. The fraction of sp³-hybridized carbons (Fsp3) is 0.500. The lowest BCUT2D eigenvalue weighted by Gasteiger charge is -2.43. The summed E-state index contributed by atoms with van der Waals surface area (Å²) in [5.74, 6) is -0.989. The number of benzene rings is 1. The highest BCUT2D eigenvalue weighted by Gasteiger charge is 2.47. The first-order chi connectivity index (χ1) is 10.0. The van der Waals surface area contributed by atoms with Gasteiger partial charge in [-0.25, -0.2) is 0 Å². The van der Waals surface area contributed by atoms with Crippen molar-refractivity contribution in [3.05, 3.63) is 34.3 Å². The Balaban J connectivity index is 1.67. The highest BCUT2D eigenvalue weighted by molar-refractivity contribution is 9.10. The van der Waals surface area contributed by atoms with Gasteiger partial charge < -0.3 is 10.4 Å². The molecule has 0 saturated heterocycles. The van der Waals surface area contributed by atoms with Gasteiger partial charge in [0.2, 0.25) is 5.91 Å². The summed E-state index contributed by atoms with van der Waals surface area (Å²) >= 11 is 3.41. The number of rotatable bonds is 4. The average Bonchev–Trinajstić information content (AvgIpc) is 2.33. The van der Waals surface area contributed by atoms with Crippen LogP contribution in [0.4, 0.5) is 0 Å². The van der Waals surface area contributed by atoms with E-state index in [1.165, 1.54) is 0 Å². The summed E-state index contributed by atoms with van der Waals surface area (Å²) in [4.78, 5) is 23.5. The molecular weight excluding hydrogens is 334 g/mol. The Hall–Kier alpha value is -1.36. The minimum absolute atomic E-state index is 0.0199. The van der Waals surface area contributed by atoms with Crippen LogP contribution in [-0.2, 0) is 15.0 Å². The topological polar surface area (TPSA) is 66.4 Å². The van der Waals surface area contributed by atoms with Gasteiger partial charge >= 0.3 is 5.97 Å². The summed E-state index contributed by atoms with van der Waals surface area (Å²) in [7, 11) is 0. The van der Waals surface area contributed by atoms with Crippen LogP contribution in [0.15, 0.2) is 28.7 Å². The van der Waals surface area contributed by atoms with Gasteiger partial charge in [0.25, 0.3) is 0 Å². The minimum atomic E-state index is -0.758. The molecule has 2 aliphatic rings. The van der Waals surface area contributed by atoms with Crippen LogP contribution in [0.3, 0.4) is 0 Å². The van der Waals surface area contributed by atoms with E-state index in [4.69, 9.17) is 5.11 Å². The van der Waals surface area contributed by atoms with E-state index in [0.717, 1.165) is 29.3 Å². The largest absolute Gasteiger partial charge is 0.481 e. The quantitative estimate of drug-likeness (QED) is 0.876. The molecular formula is C16H18BrNO3. The van der Waals surface area contributed by atoms with Crippen molar-refractivity contribution in [2.24, 2.45) is 5.92 Å². The number of carbonyl (C=O) groups is 2. The van der Waals surface area contributed by atoms with Crippen LogP contribution in [0.2, 0.25) is 0 Å². The van der Waals surface area contributed by atoms with E-state index in [0.29, 0.717) is 12.8 Å². The van der Waals surface area contributed by atoms with Crippen LogP contribution < -0.4 is 5.32 Å². The molecule has 2 N–H and O–H groups in total. The normalized spacial score (nSPS) is 26.3. The lowest BCUT2D eigenvalue weighted by atomic mass is 9.63. The van der Waals surface area contributed by atoms with Crippen molar-refractivity contribution < 1.29 is 14.7 Å². The zero-order valence-electron chi connectivity index (χ0n) is 11.6. The number of nitrogens with one attached hydrogen (secondary N) is 1. The monoisotopic (exact) mass is 351 g/mol. The SMILES string of the molecule is O=C(O)C1CC(NC(=O)C2(c3ccc(Br)cc3)CCC2)C1. The third-order valence-corrected chi connectivity index (χ3v) is 5.39. The van der Waals surface area contributed by atoms with Gasteiger partial charge in [-0.1, -0.05) is 34.5 Å². The van der Waals surface area contributed by atoms with Crippen LogP contribution >= 0.6 is 15.9 Å². The zero-order chi connectivity index (χ0) is 15.0. The van der Waals surface area contributed by atoms with Crippen LogP contribution in [0.1, 0.15) is 37.7 Å². The maximum atomic E-state index is 12.6. The van der Waals surface area contributed by atoms with Gasteiger partial charge in [-0.2, -0.15) is 0 Å². The number of aliphatic carboxylic acids is 1. The Bertz CT molecular complexity index is 559. The molecule has 4 nitrogen and oxygen atoms in total. The Kier molecular flexibility index (Phi) is 3.78. The summed E-state index contributed by atoms with van der Waals surface area (Å²) in [5, 5.41) is 11.9. The molecule has 0 radical (unpaired) electrons. The second kappa shape index (κ2) is 5.44. The van der Waals surface area contributed by atoms with E-state index < -0.39 is 11.4 Å². The minimum Gasteiger partial charge on any atom is -0.481 e. The molecule has 112 valence electrons. The Morgan fingerprint density at radius 2 is 1.81 bits per heavy atom. The molecule has 0 spiro atoms. The van der Waals surface area contributed by atoms with Crippen LogP contribution in [-0.4, -0.2) is 23.0 Å². The lowest BCUT2D eigenvalue weighted by Crippen LogP contribution is -2.55. The first-order valence-corrected chi connectivity index (χ1v) is 8.10. The second-order valence-corrected chi connectivity index (χ2v) is 7.04. The number of hydrogen-bond acceptors (Lipinski definition) is 2. The molecule has 1 aromatic carbocycles. The van der Waals surface area contributed by atoms with Crippen molar-refractivity contribution in [3.63, 3.8) is 0 Å². The molecule has 21 heavy (non-hydrogen) atoms. The Labute approximate surface area is 132 Å². The van der Waals surface area contributed by atoms with Crippen LogP contribution in [0.25, 0.3) is 0 Å². The van der Waals surface area contributed by atoms with Crippen LogP contribution in [0, 0.1) is 5.92 Å². The molecule has 2 fully saturated rings. The molecule has 3 rings (SSSR count). The number of halogens is 1. The van der Waals surface area contributed by atoms with Crippen molar-refractivity contribution in [2.75, 3.05) is 0 Å². The van der Waals surface area contributed by atoms with Crippen molar-refractivity contribution in [2.45, 2.75) is 43.6 Å². The standard InChI is InChI=1S/C16H18BrNO3/c17-12-4-2-11(3-5-12)16(6-1-7-16)15(21)18-13-8-10(9-13)14(19)20/h2-5,10,13H,1,6-9H2,(H,18,21)(H,19,20). The molecule has 5 heteroatoms. The summed E-state index contributed by atoms with van der Waals surface area (Å²) in [5.41, 5.74) is 0.651. The highest BCUT2D eigenvalue weighted by Crippen LogP contribution is 2.44. The molecule has 2 aliphatic carbocycles. The van der Waals surface area contributed by atoms with E-state index in [2.05, 4.69) is 21.2 Å². The van der Waals surface area contributed by atoms with Gasteiger partial charge in [-0.3, -0.25) is 9.59 Å². The summed E-state index contributed by atoms with van der Waals surface area (Å²) in [6, 6.07) is 7.96. The van der Waals surface area contributed by atoms with Crippen molar-refractivity contribution in [1.29, 1.82) is 0 Å². The summed E-state index contributed by atoms with van der Waals surface area (Å²) < 4.78 is 1.00. The molecule has 0 unspecified atom stereocenters. The summed E-state index contributed by atoms with van der Waals surface area (Å²) in [6.07, 6.45) is 3.91. The second-order valence-electron chi connectivity index (χ2n) is 6.12. The first-order valence-electron chi connectivity index (χ1n) is 7.31. The Morgan fingerprint density at radius 3 is 2.29 bits per heavy atom. The predicted octanol–water partition coefficient (Wildman–Crippen LogP) is 2.85. The van der Waals surface area contributed by atoms with Gasteiger partial charge in [0.05, 0.1) is 11.3 Å². The molecule has 0 atom stereocenters.